The number of nitrogens with one attached hydrogen (secondary N) is 1. The molecule has 6 heteroatoms. The van der Waals surface area contributed by atoms with Crippen LogP contribution in [0.1, 0.15) is 32.6 Å². The third kappa shape index (κ3) is 5.79. The molecule has 0 unspecified atom stereocenters. The third-order valence-electron chi connectivity index (χ3n) is 4.91. The number of rotatable bonds is 7. The minimum absolute atomic E-state index is 0.118. The highest BCUT2D eigenvalue weighted by atomic mass is 16.5. The number of carbonyl (C=O) groups excluding carboxylic acids is 1. The summed E-state index contributed by atoms with van der Waals surface area (Å²) in [6.45, 7) is 5.62. The van der Waals surface area contributed by atoms with Crippen molar-refractivity contribution in [2.24, 2.45) is 4.99 Å². The second kappa shape index (κ2) is 9.71. The molecule has 0 heterocycles. The number of nitrogens with zero attached hydrogens (tertiary/aromatic N) is 1. The molecule has 158 valence electrons. The standard InChI is InChI=1S/C25H24N2O4/c1-16-10-11-20(12-17(16)2)27-24(28)15-31-21-7-4-6-19(13-21)14-26-23-9-5-8-22(18(23)3)25(29)30/h4-14H,15H2,1-3H3,(H,27,28)(H,29,30). The van der Waals surface area contributed by atoms with Crippen LogP contribution in [0.15, 0.2) is 65.7 Å². The molecule has 0 aliphatic carbocycles. The molecule has 0 fully saturated rings. The maximum atomic E-state index is 12.2. The minimum Gasteiger partial charge on any atom is -0.484 e. The normalized spacial score (nSPS) is 10.8. The number of benzene rings is 3. The van der Waals surface area contributed by atoms with Crippen LogP contribution in [0.2, 0.25) is 0 Å². The smallest absolute Gasteiger partial charge is 0.336 e. The monoisotopic (exact) mass is 416 g/mol. The maximum absolute atomic E-state index is 12.2. The molecule has 3 rings (SSSR count). The fourth-order valence-electron chi connectivity index (χ4n) is 2.99. The number of carboxylic acid groups (broad SMARTS) is 1. The van der Waals surface area contributed by atoms with E-state index in [1.165, 1.54) is 0 Å². The first-order valence-electron chi connectivity index (χ1n) is 9.80. The van der Waals surface area contributed by atoms with Crippen molar-refractivity contribution in [1.82, 2.24) is 0 Å². The van der Waals surface area contributed by atoms with E-state index in [9.17, 15) is 14.7 Å². The van der Waals surface area contributed by atoms with Crippen molar-refractivity contribution >= 4 is 29.5 Å². The van der Waals surface area contributed by atoms with Crippen molar-refractivity contribution in [2.75, 3.05) is 11.9 Å². The van der Waals surface area contributed by atoms with E-state index < -0.39 is 5.97 Å². The lowest BCUT2D eigenvalue weighted by molar-refractivity contribution is -0.118. The van der Waals surface area contributed by atoms with Crippen LogP contribution in [0.4, 0.5) is 11.4 Å². The summed E-state index contributed by atoms with van der Waals surface area (Å²) in [6, 6.07) is 17.9. The van der Waals surface area contributed by atoms with Crippen LogP contribution < -0.4 is 10.1 Å². The average Bonchev–Trinajstić information content (AvgIpc) is 2.74. The van der Waals surface area contributed by atoms with Gasteiger partial charge < -0.3 is 15.2 Å². The van der Waals surface area contributed by atoms with Gasteiger partial charge >= 0.3 is 5.97 Å². The molecular weight excluding hydrogens is 392 g/mol. The lowest BCUT2D eigenvalue weighted by Gasteiger charge is -2.09. The summed E-state index contributed by atoms with van der Waals surface area (Å²) in [4.78, 5) is 27.9. The molecule has 31 heavy (non-hydrogen) atoms. The van der Waals surface area contributed by atoms with Gasteiger partial charge in [0.15, 0.2) is 6.61 Å². The lowest BCUT2D eigenvalue weighted by atomic mass is 10.1. The Morgan fingerprint density at radius 3 is 2.52 bits per heavy atom. The van der Waals surface area contributed by atoms with Gasteiger partial charge in [0.2, 0.25) is 0 Å². The van der Waals surface area contributed by atoms with Crippen molar-refractivity contribution in [3.05, 3.63) is 88.5 Å². The fourth-order valence-corrected chi connectivity index (χ4v) is 2.99. The summed E-state index contributed by atoms with van der Waals surface area (Å²) in [7, 11) is 0. The fraction of sp³-hybridized carbons (Fsp3) is 0.160. The zero-order valence-electron chi connectivity index (χ0n) is 17.7. The molecule has 0 aliphatic rings. The van der Waals surface area contributed by atoms with Gasteiger partial charge in [-0.05, 0) is 79.4 Å². The number of aryl methyl sites for hydroxylation is 2. The van der Waals surface area contributed by atoms with E-state index in [2.05, 4.69) is 10.3 Å². The van der Waals surface area contributed by atoms with Crippen molar-refractivity contribution < 1.29 is 19.4 Å². The van der Waals surface area contributed by atoms with E-state index >= 15 is 0 Å². The molecule has 0 bridgehead atoms. The second-order valence-corrected chi connectivity index (χ2v) is 7.22. The van der Waals surface area contributed by atoms with Crippen LogP contribution in [0.5, 0.6) is 5.75 Å². The van der Waals surface area contributed by atoms with Gasteiger partial charge in [-0.15, -0.1) is 0 Å². The van der Waals surface area contributed by atoms with Gasteiger partial charge in [-0.25, -0.2) is 4.79 Å². The number of aliphatic imine (C=N–C) groups is 1. The summed E-state index contributed by atoms with van der Waals surface area (Å²) in [5, 5.41) is 12.1. The van der Waals surface area contributed by atoms with E-state index in [1.54, 1.807) is 49.5 Å². The van der Waals surface area contributed by atoms with Crippen LogP contribution in [0.25, 0.3) is 0 Å². The average molecular weight is 416 g/mol. The Morgan fingerprint density at radius 1 is 1.00 bits per heavy atom. The molecular formula is C25H24N2O4. The van der Waals surface area contributed by atoms with Gasteiger partial charge in [0, 0.05) is 11.9 Å². The number of amides is 1. The molecule has 2 N–H and O–H groups in total. The number of aromatic carboxylic acids is 1. The molecule has 0 radical (unpaired) electrons. The summed E-state index contributed by atoms with van der Waals surface area (Å²) in [5.74, 6) is -0.692. The van der Waals surface area contributed by atoms with Crippen molar-refractivity contribution in [3.63, 3.8) is 0 Å². The maximum Gasteiger partial charge on any atom is 0.336 e. The first kappa shape index (κ1) is 21.8. The van der Waals surface area contributed by atoms with E-state index in [0.29, 0.717) is 17.0 Å². The van der Waals surface area contributed by atoms with Crippen LogP contribution in [0, 0.1) is 20.8 Å². The summed E-state index contributed by atoms with van der Waals surface area (Å²) in [6.07, 6.45) is 1.63. The SMILES string of the molecule is Cc1ccc(NC(=O)COc2cccc(C=Nc3cccc(C(=O)O)c3C)c2)cc1C. The Kier molecular flexibility index (Phi) is 6.82. The quantitative estimate of drug-likeness (QED) is 0.526. The van der Waals surface area contributed by atoms with E-state index in [0.717, 1.165) is 22.4 Å². The van der Waals surface area contributed by atoms with Gasteiger partial charge in [-0.1, -0.05) is 24.3 Å². The van der Waals surface area contributed by atoms with E-state index in [1.807, 2.05) is 38.1 Å². The van der Waals surface area contributed by atoms with Crippen LogP contribution in [-0.4, -0.2) is 29.8 Å². The molecule has 0 aromatic heterocycles. The Labute approximate surface area is 181 Å². The largest absolute Gasteiger partial charge is 0.484 e. The highest BCUT2D eigenvalue weighted by Gasteiger charge is 2.09. The summed E-state index contributed by atoms with van der Waals surface area (Å²) >= 11 is 0. The van der Waals surface area contributed by atoms with Gasteiger partial charge in [-0.2, -0.15) is 0 Å². The molecule has 6 nitrogen and oxygen atoms in total. The minimum atomic E-state index is -0.982. The molecule has 0 saturated heterocycles. The van der Waals surface area contributed by atoms with Gasteiger partial charge in [0.25, 0.3) is 5.91 Å². The molecule has 1 amide bonds. The van der Waals surface area contributed by atoms with Crippen molar-refractivity contribution in [3.8, 4) is 5.75 Å². The Balaban J connectivity index is 1.63. The van der Waals surface area contributed by atoms with E-state index in [4.69, 9.17) is 4.74 Å². The van der Waals surface area contributed by atoms with Crippen molar-refractivity contribution in [1.29, 1.82) is 0 Å². The summed E-state index contributed by atoms with van der Waals surface area (Å²) in [5.41, 5.74) is 5.18. The first-order valence-corrected chi connectivity index (χ1v) is 9.80. The molecule has 0 atom stereocenters. The van der Waals surface area contributed by atoms with Crippen molar-refractivity contribution in [2.45, 2.75) is 20.8 Å². The molecule has 0 aliphatic heterocycles. The highest BCUT2D eigenvalue weighted by molar-refractivity contribution is 5.92. The first-order chi connectivity index (χ1) is 14.8. The van der Waals surface area contributed by atoms with Crippen LogP contribution >= 0.6 is 0 Å². The zero-order chi connectivity index (χ0) is 22.4. The lowest BCUT2D eigenvalue weighted by Crippen LogP contribution is -2.20. The zero-order valence-corrected chi connectivity index (χ0v) is 17.7. The number of ether oxygens (including phenoxy) is 1. The molecule has 3 aromatic carbocycles. The van der Waals surface area contributed by atoms with Crippen LogP contribution in [0.3, 0.4) is 0 Å². The van der Waals surface area contributed by atoms with E-state index in [-0.39, 0.29) is 18.1 Å². The highest BCUT2D eigenvalue weighted by Crippen LogP contribution is 2.22. The predicted molar refractivity (Wildman–Crippen MR) is 122 cm³/mol. The number of hydrogen-bond acceptors (Lipinski definition) is 4. The molecule has 0 saturated carbocycles. The Morgan fingerprint density at radius 2 is 1.77 bits per heavy atom. The number of hydrogen-bond donors (Lipinski definition) is 2. The number of carboxylic acids is 1. The second-order valence-electron chi connectivity index (χ2n) is 7.22. The Bertz CT molecular complexity index is 1150. The predicted octanol–water partition coefficient (Wildman–Crippen LogP) is 5.08. The number of anilines is 1. The summed E-state index contributed by atoms with van der Waals surface area (Å²) < 4.78 is 5.61. The topological polar surface area (TPSA) is 88.0 Å². The molecule has 0 spiro atoms. The molecule has 3 aromatic rings. The van der Waals surface area contributed by atoms with Gasteiger partial charge in [0.1, 0.15) is 5.75 Å². The van der Waals surface area contributed by atoms with Crippen LogP contribution in [-0.2, 0) is 4.79 Å². The van der Waals surface area contributed by atoms with Gasteiger partial charge in [-0.3, -0.25) is 9.79 Å². The van der Waals surface area contributed by atoms with Gasteiger partial charge in [0.05, 0.1) is 11.3 Å². The number of carbonyl (C=O) groups is 2. The Hall–Kier alpha value is -3.93. The third-order valence-corrected chi connectivity index (χ3v) is 4.91.